The molecule has 0 heterocycles. The van der Waals surface area contributed by atoms with Gasteiger partial charge >= 0.3 is 0 Å². The molecule has 4 nitrogen and oxygen atoms in total. The van der Waals surface area contributed by atoms with E-state index in [0.29, 0.717) is 17.9 Å². The van der Waals surface area contributed by atoms with Crippen molar-refractivity contribution in [1.29, 1.82) is 5.26 Å². The lowest BCUT2D eigenvalue weighted by atomic mass is 10.1. The molecule has 0 bridgehead atoms. The van der Waals surface area contributed by atoms with Crippen molar-refractivity contribution < 1.29 is 9.53 Å². The molecule has 60 valence electrons. The number of ether oxygens (including phenoxy) is 1. The van der Waals surface area contributed by atoms with Crippen molar-refractivity contribution in [2.75, 3.05) is 0 Å². The molecular formula is C8H6N2O2. The van der Waals surface area contributed by atoms with Crippen molar-refractivity contribution in [3.8, 4) is 6.26 Å². The van der Waals surface area contributed by atoms with Gasteiger partial charge in [-0.25, -0.2) is 4.79 Å². The van der Waals surface area contributed by atoms with Crippen LogP contribution in [0.5, 0.6) is 0 Å². The molecule has 0 N–H and O–H groups in total. The molecule has 0 radical (unpaired) electrons. The quantitative estimate of drug-likeness (QED) is 0.350. The zero-order chi connectivity index (χ0) is 8.81. The van der Waals surface area contributed by atoms with Gasteiger partial charge < -0.3 is 4.74 Å². The Balaban J connectivity index is 2.75. The van der Waals surface area contributed by atoms with E-state index < -0.39 is 0 Å². The number of nitriles is 1. The average Bonchev–Trinajstić information content (AvgIpc) is 2.06. The predicted octanol–water partition coefficient (Wildman–Crippen LogP) is 1.38. The second kappa shape index (κ2) is 4.12. The largest absolute Gasteiger partial charge is 0.388 e. The van der Waals surface area contributed by atoms with E-state index in [1.165, 1.54) is 6.08 Å². The number of nitrogens with zero attached hydrogens (tertiary/aromatic N) is 2. The van der Waals surface area contributed by atoms with Crippen LogP contribution in [0.15, 0.2) is 28.6 Å². The Morgan fingerprint density at radius 3 is 3.17 bits per heavy atom. The Kier molecular flexibility index (Phi) is 2.83. The van der Waals surface area contributed by atoms with Crippen LogP contribution in [-0.2, 0) is 9.53 Å². The van der Waals surface area contributed by atoms with E-state index in [1.807, 2.05) is 0 Å². The van der Waals surface area contributed by atoms with Gasteiger partial charge in [0.25, 0.3) is 6.26 Å². The minimum absolute atomic E-state index is 0.442. The number of hydrogen-bond acceptors (Lipinski definition) is 4. The van der Waals surface area contributed by atoms with Crippen LogP contribution >= 0.6 is 0 Å². The number of isocyanates is 1. The van der Waals surface area contributed by atoms with Gasteiger partial charge in [0.15, 0.2) is 0 Å². The topological polar surface area (TPSA) is 62.4 Å². The summed E-state index contributed by atoms with van der Waals surface area (Å²) in [6, 6.07) is 0. The molecule has 0 amide bonds. The molecule has 12 heavy (non-hydrogen) atoms. The van der Waals surface area contributed by atoms with Crippen molar-refractivity contribution in [2.45, 2.75) is 12.8 Å². The van der Waals surface area contributed by atoms with Gasteiger partial charge in [-0.3, -0.25) is 0 Å². The first-order valence-corrected chi connectivity index (χ1v) is 3.41. The molecule has 0 atom stereocenters. The summed E-state index contributed by atoms with van der Waals surface area (Å²) in [7, 11) is 0. The Hall–Kier alpha value is -1.85. The van der Waals surface area contributed by atoms with Crippen LogP contribution in [0.3, 0.4) is 0 Å². The highest BCUT2D eigenvalue weighted by Crippen LogP contribution is 2.17. The van der Waals surface area contributed by atoms with Crippen molar-refractivity contribution >= 4 is 6.08 Å². The molecule has 0 aromatic carbocycles. The maximum atomic E-state index is 9.88. The number of carbonyl (C=O) groups excluding carboxylic acids is 1. The second-order valence-corrected chi connectivity index (χ2v) is 2.18. The van der Waals surface area contributed by atoms with Gasteiger partial charge in [0.2, 0.25) is 6.08 Å². The molecule has 0 unspecified atom stereocenters. The first-order valence-electron chi connectivity index (χ1n) is 3.41. The highest BCUT2D eigenvalue weighted by Gasteiger charge is 2.04. The molecule has 0 saturated carbocycles. The van der Waals surface area contributed by atoms with Crippen molar-refractivity contribution in [3.63, 3.8) is 0 Å². The third kappa shape index (κ3) is 2.08. The summed E-state index contributed by atoms with van der Waals surface area (Å²) < 4.78 is 4.56. The van der Waals surface area contributed by atoms with E-state index in [0.717, 1.165) is 6.42 Å². The van der Waals surface area contributed by atoms with Crippen molar-refractivity contribution in [2.24, 2.45) is 4.99 Å². The lowest BCUT2D eigenvalue weighted by Crippen LogP contribution is -1.91. The fourth-order valence-electron chi connectivity index (χ4n) is 0.928. The van der Waals surface area contributed by atoms with Crippen LogP contribution < -0.4 is 0 Å². The standard InChI is InChI=1S/C8H6N2O2/c9-5-12-8-3-1-2-7(4-8)10-6-11/h3-4H,1-2H2. The van der Waals surface area contributed by atoms with Crippen LogP contribution in [0, 0.1) is 11.5 Å². The fourth-order valence-corrected chi connectivity index (χ4v) is 0.928. The first-order chi connectivity index (χ1) is 5.86. The fraction of sp³-hybridized carbons (Fsp3) is 0.250. The Morgan fingerprint density at radius 2 is 2.50 bits per heavy atom. The maximum absolute atomic E-state index is 9.88. The summed E-state index contributed by atoms with van der Waals surface area (Å²) in [5, 5.41) is 8.18. The smallest absolute Gasteiger partial charge is 0.292 e. The molecule has 0 saturated heterocycles. The Labute approximate surface area is 69.5 Å². The number of allylic oxidation sites excluding steroid dienone is 3. The van der Waals surface area contributed by atoms with Crippen LogP contribution in [0.4, 0.5) is 0 Å². The highest BCUT2D eigenvalue weighted by atomic mass is 16.5. The van der Waals surface area contributed by atoms with Crippen LogP contribution in [0.2, 0.25) is 0 Å². The van der Waals surface area contributed by atoms with Crippen LogP contribution in [0.1, 0.15) is 12.8 Å². The number of hydrogen-bond donors (Lipinski definition) is 0. The van der Waals surface area contributed by atoms with Gasteiger partial charge in [-0.15, -0.1) is 5.26 Å². The van der Waals surface area contributed by atoms with Gasteiger partial charge in [-0.1, -0.05) is 0 Å². The van der Waals surface area contributed by atoms with Crippen molar-refractivity contribution in [1.82, 2.24) is 0 Å². The van der Waals surface area contributed by atoms with E-state index in [1.54, 1.807) is 18.4 Å². The van der Waals surface area contributed by atoms with Gasteiger partial charge in [0.05, 0.1) is 5.70 Å². The lowest BCUT2D eigenvalue weighted by Gasteiger charge is -2.05. The molecular weight excluding hydrogens is 156 g/mol. The summed E-state index contributed by atoms with van der Waals surface area (Å²) in [4.78, 5) is 13.3. The SMILES string of the molecule is N#COC1=CCCC(N=C=O)=C1. The normalized spacial score (nSPS) is 14.9. The summed E-state index contributed by atoms with van der Waals surface area (Å²) in [5.41, 5.74) is 0.595. The Morgan fingerprint density at radius 1 is 1.67 bits per heavy atom. The zero-order valence-electron chi connectivity index (χ0n) is 6.28. The molecule has 1 rings (SSSR count). The third-order valence-electron chi connectivity index (χ3n) is 1.41. The predicted molar refractivity (Wildman–Crippen MR) is 40.2 cm³/mol. The van der Waals surface area contributed by atoms with Crippen molar-refractivity contribution in [3.05, 3.63) is 23.6 Å². The minimum atomic E-state index is 0.442. The van der Waals surface area contributed by atoms with Crippen LogP contribution in [-0.4, -0.2) is 6.08 Å². The monoisotopic (exact) mass is 162 g/mol. The minimum Gasteiger partial charge on any atom is -0.388 e. The second-order valence-electron chi connectivity index (χ2n) is 2.18. The number of rotatable bonds is 2. The zero-order valence-corrected chi connectivity index (χ0v) is 6.28. The summed E-state index contributed by atoms with van der Waals surface area (Å²) >= 11 is 0. The summed E-state index contributed by atoms with van der Waals surface area (Å²) in [6.45, 7) is 0. The van der Waals surface area contributed by atoms with E-state index >= 15 is 0 Å². The molecule has 0 aromatic rings. The van der Waals surface area contributed by atoms with E-state index in [4.69, 9.17) is 5.26 Å². The molecule has 4 heteroatoms. The molecule has 0 aromatic heterocycles. The van der Waals surface area contributed by atoms with Gasteiger partial charge in [-0.05, 0) is 18.9 Å². The summed E-state index contributed by atoms with van der Waals surface area (Å²) in [6.07, 6.45) is 7.73. The molecule has 0 spiro atoms. The van der Waals surface area contributed by atoms with Gasteiger partial charge in [-0.2, -0.15) is 4.99 Å². The van der Waals surface area contributed by atoms with Crippen LogP contribution in [0.25, 0.3) is 0 Å². The Bertz CT molecular complexity index is 316. The highest BCUT2D eigenvalue weighted by molar-refractivity contribution is 5.39. The van der Waals surface area contributed by atoms with Gasteiger partial charge in [0, 0.05) is 6.08 Å². The van der Waals surface area contributed by atoms with E-state index in [2.05, 4.69) is 9.73 Å². The first kappa shape index (κ1) is 8.25. The van der Waals surface area contributed by atoms with E-state index in [9.17, 15) is 4.79 Å². The molecule has 1 aliphatic rings. The van der Waals surface area contributed by atoms with E-state index in [-0.39, 0.29) is 0 Å². The number of aliphatic imine (C=N–C) groups is 1. The third-order valence-corrected chi connectivity index (χ3v) is 1.41. The molecule has 1 aliphatic carbocycles. The maximum Gasteiger partial charge on any atom is 0.292 e. The average molecular weight is 162 g/mol. The summed E-state index contributed by atoms with van der Waals surface area (Å²) in [5.74, 6) is 0.442. The molecule has 0 fully saturated rings. The lowest BCUT2D eigenvalue weighted by molar-refractivity contribution is 0.387. The van der Waals surface area contributed by atoms with Gasteiger partial charge in [0.1, 0.15) is 5.76 Å². The molecule has 0 aliphatic heterocycles.